The van der Waals surface area contributed by atoms with Crippen LogP contribution in [0.3, 0.4) is 0 Å². The monoisotopic (exact) mass is 478 g/mol. The van der Waals surface area contributed by atoms with E-state index >= 15 is 0 Å². The molecule has 0 bridgehead atoms. The summed E-state index contributed by atoms with van der Waals surface area (Å²) in [6.07, 6.45) is 3.32. The summed E-state index contributed by atoms with van der Waals surface area (Å²) in [5.74, 6) is 0.378. The van der Waals surface area contributed by atoms with E-state index in [1.807, 2.05) is 24.3 Å². The lowest BCUT2D eigenvalue weighted by Crippen LogP contribution is -2.51. The second kappa shape index (κ2) is 9.32. The van der Waals surface area contributed by atoms with E-state index in [2.05, 4.69) is 19.2 Å². The van der Waals surface area contributed by atoms with Gasteiger partial charge in [0, 0.05) is 17.0 Å². The SMILES string of the molecule is CCC1(CC)C[C@H](NC(=O)[C@H](C)N(c2cc(Cl)ccc2C)S(C)(=O)=O)c2ccccc2O1. The molecule has 32 heavy (non-hydrogen) atoms. The summed E-state index contributed by atoms with van der Waals surface area (Å²) in [5, 5.41) is 3.50. The van der Waals surface area contributed by atoms with E-state index in [0.29, 0.717) is 22.7 Å². The van der Waals surface area contributed by atoms with Crippen LogP contribution in [0.4, 0.5) is 5.69 Å². The predicted octanol–water partition coefficient (Wildman–Crippen LogP) is 5.00. The second-order valence-corrected chi connectivity index (χ2v) is 10.8. The molecule has 8 heteroatoms. The zero-order valence-corrected chi connectivity index (χ0v) is 20.8. The van der Waals surface area contributed by atoms with E-state index in [9.17, 15) is 13.2 Å². The lowest BCUT2D eigenvalue weighted by molar-refractivity contribution is -0.123. The Labute approximate surface area is 196 Å². The van der Waals surface area contributed by atoms with Gasteiger partial charge in [-0.2, -0.15) is 0 Å². The Bertz CT molecular complexity index is 1100. The average Bonchev–Trinajstić information content (AvgIpc) is 2.75. The summed E-state index contributed by atoms with van der Waals surface area (Å²) >= 11 is 6.13. The van der Waals surface area contributed by atoms with Gasteiger partial charge < -0.3 is 10.1 Å². The number of hydrogen-bond donors (Lipinski definition) is 1. The molecule has 1 N–H and O–H groups in total. The number of halogens is 1. The largest absolute Gasteiger partial charge is 0.487 e. The molecule has 6 nitrogen and oxygen atoms in total. The van der Waals surface area contributed by atoms with Crippen molar-refractivity contribution in [2.75, 3.05) is 10.6 Å². The topological polar surface area (TPSA) is 75.7 Å². The van der Waals surface area contributed by atoms with Gasteiger partial charge in [0.05, 0.1) is 18.0 Å². The lowest BCUT2D eigenvalue weighted by Gasteiger charge is -2.42. The summed E-state index contributed by atoms with van der Waals surface area (Å²) in [6.45, 7) is 7.54. The number of carbonyl (C=O) groups is 1. The molecule has 174 valence electrons. The fourth-order valence-corrected chi connectivity index (χ4v) is 5.71. The first-order valence-electron chi connectivity index (χ1n) is 10.8. The number of aryl methyl sites for hydroxylation is 1. The summed E-state index contributed by atoms with van der Waals surface area (Å²) < 4.78 is 32.9. The van der Waals surface area contributed by atoms with Crippen LogP contribution in [0.2, 0.25) is 5.02 Å². The number of carbonyl (C=O) groups excluding carboxylic acids is 1. The molecule has 0 aromatic heterocycles. The molecular formula is C24H31ClN2O4S. The number of benzene rings is 2. The Hall–Kier alpha value is -2.25. The summed E-state index contributed by atoms with van der Waals surface area (Å²) in [6, 6.07) is 11.4. The van der Waals surface area contributed by atoms with Gasteiger partial charge in [-0.3, -0.25) is 9.10 Å². The number of hydrogen-bond acceptors (Lipinski definition) is 4. The molecule has 0 spiro atoms. The molecule has 1 aliphatic heterocycles. The average molecular weight is 479 g/mol. The van der Waals surface area contributed by atoms with Crippen molar-refractivity contribution in [2.45, 2.75) is 64.6 Å². The van der Waals surface area contributed by atoms with Crippen LogP contribution in [0.1, 0.15) is 57.2 Å². The van der Waals surface area contributed by atoms with Gasteiger partial charge in [0.25, 0.3) is 0 Å². The van der Waals surface area contributed by atoms with Gasteiger partial charge in [0.2, 0.25) is 15.9 Å². The fourth-order valence-electron chi connectivity index (χ4n) is 4.32. The molecule has 0 aliphatic carbocycles. The van der Waals surface area contributed by atoms with Crippen LogP contribution in [-0.4, -0.2) is 32.2 Å². The van der Waals surface area contributed by atoms with Crippen molar-refractivity contribution in [1.82, 2.24) is 5.32 Å². The van der Waals surface area contributed by atoms with E-state index in [1.54, 1.807) is 32.0 Å². The van der Waals surface area contributed by atoms with E-state index < -0.39 is 16.1 Å². The quantitative estimate of drug-likeness (QED) is 0.607. The van der Waals surface area contributed by atoms with Crippen molar-refractivity contribution in [1.29, 1.82) is 0 Å². The maximum absolute atomic E-state index is 13.4. The lowest BCUT2D eigenvalue weighted by atomic mass is 9.83. The molecule has 0 saturated carbocycles. The van der Waals surface area contributed by atoms with E-state index in [1.165, 1.54) is 0 Å². The van der Waals surface area contributed by atoms with Crippen molar-refractivity contribution in [3.63, 3.8) is 0 Å². The van der Waals surface area contributed by atoms with Crippen LogP contribution in [-0.2, 0) is 14.8 Å². The second-order valence-electron chi connectivity index (χ2n) is 8.46. The van der Waals surface area contributed by atoms with Crippen LogP contribution in [0.5, 0.6) is 5.75 Å². The first-order chi connectivity index (χ1) is 15.0. The molecule has 0 unspecified atom stereocenters. The molecule has 3 rings (SSSR count). The predicted molar refractivity (Wildman–Crippen MR) is 129 cm³/mol. The number of para-hydroxylation sites is 1. The van der Waals surface area contributed by atoms with Crippen LogP contribution >= 0.6 is 11.6 Å². The third-order valence-corrected chi connectivity index (χ3v) is 7.76. The summed E-state index contributed by atoms with van der Waals surface area (Å²) in [7, 11) is -3.75. The zero-order chi connectivity index (χ0) is 23.7. The van der Waals surface area contributed by atoms with E-state index in [4.69, 9.17) is 16.3 Å². The third kappa shape index (κ3) is 4.89. The molecule has 1 aliphatic rings. The highest BCUT2D eigenvalue weighted by Gasteiger charge is 2.40. The Morgan fingerprint density at radius 3 is 2.53 bits per heavy atom. The van der Waals surface area contributed by atoms with Gasteiger partial charge in [-0.05, 0) is 50.5 Å². The van der Waals surface area contributed by atoms with Crippen molar-refractivity contribution in [3.8, 4) is 5.75 Å². The van der Waals surface area contributed by atoms with Crippen LogP contribution < -0.4 is 14.4 Å². The Kier molecular flexibility index (Phi) is 7.10. The van der Waals surface area contributed by atoms with Gasteiger partial charge in [0.15, 0.2) is 0 Å². The van der Waals surface area contributed by atoms with Crippen LogP contribution in [0.15, 0.2) is 42.5 Å². The molecule has 0 saturated heterocycles. The Morgan fingerprint density at radius 2 is 1.91 bits per heavy atom. The number of sulfonamides is 1. The number of nitrogens with zero attached hydrogens (tertiary/aromatic N) is 1. The molecule has 1 heterocycles. The molecule has 0 fully saturated rings. The smallest absolute Gasteiger partial charge is 0.244 e. The van der Waals surface area contributed by atoms with Crippen molar-refractivity contribution >= 4 is 33.2 Å². The minimum absolute atomic E-state index is 0.281. The van der Waals surface area contributed by atoms with Crippen molar-refractivity contribution in [2.24, 2.45) is 0 Å². The number of amides is 1. The van der Waals surface area contributed by atoms with Crippen molar-refractivity contribution < 1.29 is 17.9 Å². The maximum Gasteiger partial charge on any atom is 0.244 e. The highest BCUT2D eigenvalue weighted by molar-refractivity contribution is 7.92. The van der Waals surface area contributed by atoms with E-state index in [0.717, 1.165) is 34.7 Å². The first-order valence-corrected chi connectivity index (χ1v) is 13.1. The normalized spacial score (nSPS) is 18.2. The minimum Gasteiger partial charge on any atom is -0.487 e. The minimum atomic E-state index is -3.75. The highest BCUT2D eigenvalue weighted by atomic mass is 35.5. The first kappa shape index (κ1) is 24.4. The summed E-state index contributed by atoms with van der Waals surface area (Å²) in [5.41, 5.74) is 1.63. The molecule has 2 aromatic carbocycles. The molecule has 2 atom stereocenters. The number of anilines is 1. The van der Waals surface area contributed by atoms with Crippen molar-refractivity contribution in [3.05, 3.63) is 58.6 Å². The number of rotatable bonds is 7. The highest BCUT2D eigenvalue weighted by Crippen LogP contribution is 2.42. The Balaban J connectivity index is 1.95. The third-order valence-electron chi connectivity index (χ3n) is 6.30. The molecule has 1 amide bonds. The van der Waals surface area contributed by atoms with Gasteiger partial charge in [-0.15, -0.1) is 0 Å². The molecular weight excluding hydrogens is 448 g/mol. The zero-order valence-electron chi connectivity index (χ0n) is 19.2. The number of nitrogens with one attached hydrogen (secondary N) is 1. The van der Waals surface area contributed by atoms with Gasteiger partial charge in [-0.25, -0.2) is 8.42 Å². The van der Waals surface area contributed by atoms with Gasteiger partial charge in [0.1, 0.15) is 17.4 Å². The number of ether oxygens (including phenoxy) is 1. The number of fused-ring (bicyclic) bond motifs is 1. The van der Waals surface area contributed by atoms with Crippen LogP contribution in [0, 0.1) is 6.92 Å². The van der Waals surface area contributed by atoms with Gasteiger partial charge >= 0.3 is 0 Å². The fraction of sp³-hybridized carbons (Fsp3) is 0.458. The Morgan fingerprint density at radius 1 is 1.25 bits per heavy atom. The van der Waals surface area contributed by atoms with E-state index in [-0.39, 0.29) is 17.6 Å². The van der Waals surface area contributed by atoms with Gasteiger partial charge in [-0.1, -0.05) is 49.7 Å². The standard InChI is InChI=1S/C24H31ClN2O4S/c1-6-24(7-2)15-20(19-10-8-9-11-22(19)31-24)26-23(28)17(4)27(32(5,29)30)21-14-18(25)13-12-16(21)3/h8-14,17,20H,6-7,15H2,1-5H3,(H,26,28)/t17-,20-/m0/s1. The molecule has 0 radical (unpaired) electrons. The van der Waals surface area contributed by atoms with Crippen LogP contribution in [0.25, 0.3) is 0 Å². The maximum atomic E-state index is 13.4. The molecule has 2 aromatic rings. The summed E-state index contributed by atoms with van der Waals surface area (Å²) in [4.78, 5) is 13.4.